The van der Waals surface area contributed by atoms with Gasteiger partial charge in [-0.25, -0.2) is 4.98 Å². The van der Waals surface area contributed by atoms with Crippen molar-refractivity contribution in [1.82, 2.24) is 9.88 Å². The number of halogens is 1. The van der Waals surface area contributed by atoms with Crippen LogP contribution in [0, 0.1) is 0 Å². The van der Waals surface area contributed by atoms with E-state index in [2.05, 4.69) is 20.9 Å². The van der Waals surface area contributed by atoms with E-state index in [0.29, 0.717) is 11.4 Å². The fraction of sp³-hybridized carbons (Fsp3) is 0.500. The molecule has 2 heterocycles. The smallest absolute Gasteiger partial charge is 0.259 e. The van der Waals surface area contributed by atoms with E-state index >= 15 is 0 Å². The highest BCUT2D eigenvalue weighted by Gasteiger charge is 2.22. The maximum absolute atomic E-state index is 12.3. The summed E-state index contributed by atoms with van der Waals surface area (Å²) in [5.74, 6) is 0.402. The second-order valence-corrected chi connectivity index (χ2v) is 4.98. The van der Waals surface area contributed by atoms with Gasteiger partial charge in [-0.3, -0.25) is 4.79 Å². The van der Waals surface area contributed by atoms with E-state index < -0.39 is 0 Å². The van der Waals surface area contributed by atoms with Gasteiger partial charge in [-0.2, -0.15) is 0 Å². The zero-order chi connectivity index (χ0) is 12.3. The highest BCUT2D eigenvalue weighted by atomic mass is 79.9. The summed E-state index contributed by atoms with van der Waals surface area (Å²) in [6, 6.07) is 1.77. The molecule has 2 rings (SSSR count). The van der Waals surface area contributed by atoms with Crippen molar-refractivity contribution in [1.29, 1.82) is 0 Å². The SMILES string of the molecule is COc1ncc(Br)cc1C(=O)N1CCCCC1. The number of likely N-dealkylation sites (tertiary alicyclic amines) is 1. The number of rotatable bonds is 2. The van der Waals surface area contributed by atoms with Crippen LogP contribution in [0.2, 0.25) is 0 Å². The van der Waals surface area contributed by atoms with Crippen molar-refractivity contribution in [2.75, 3.05) is 20.2 Å². The highest BCUT2D eigenvalue weighted by Crippen LogP contribution is 2.22. The van der Waals surface area contributed by atoms with E-state index in [4.69, 9.17) is 4.74 Å². The van der Waals surface area contributed by atoms with Crippen LogP contribution in [0.15, 0.2) is 16.7 Å². The fourth-order valence-corrected chi connectivity index (χ4v) is 2.34. The molecule has 1 amide bonds. The number of hydrogen-bond donors (Lipinski definition) is 0. The second-order valence-electron chi connectivity index (χ2n) is 4.06. The van der Waals surface area contributed by atoms with Gasteiger partial charge in [-0.1, -0.05) is 0 Å². The van der Waals surface area contributed by atoms with Crippen LogP contribution >= 0.6 is 15.9 Å². The summed E-state index contributed by atoms with van der Waals surface area (Å²) >= 11 is 3.33. The van der Waals surface area contributed by atoms with E-state index in [1.807, 2.05) is 4.90 Å². The van der Waals surface area contributed by atoms with E-state index in [1.54, 1.807) is 12.3 Å². The first-order valence-corrected chi connectivity index (χ1v) is 6.50. The normalized spacial score (nSPS) is 15.8. The third-order valence-corrected chi connectivity index (χ3v) is 3.32. The first-order valence-electron chi connectivity index (χ1n) is 5.71. The van der Waals surface area contributed by atoms with Crippen molar-refractivity contribution in [2.24, 2.45) is 0 Å². The number of amides is 1. The molecule has 4 nitrogen and oxygen atoms in total. The van der Waals surface area contributed by atoms with E-state index in [9.17, 15) is 4.79 Å². The van der Waals surface area contributed by atoms with Crippen LogP contribution in [0.4, 0.5) is 0 Å². The Labute approximate surface area is 109 Å². The molecule has 1 aromatic rings. The van der Waals surface area contributed by atoms with Gasteiger partial charge in [0.25, 0.3) is 5.91 Å². The van der Waals surface area contributed by atoms with Gasteiger partial charge in [-0.05, 0) is 41.3 Å². The Hall–Kier alpha value is -1.10. The topological polar surface area (TPSA) is 42.4 Å². The predicted molar refractivity (Wildman–Crippen MR) is 68.2 cm³/mol. The van der Waals surface area contributed by atoms with Crippen LogP contribution in [0.25, 0.3) is 0 Å². The molecule has 0 spiro atoms. The van der Waals surface area contributed by atoms with Gasteiger partial charge in [0.05, 0.1) is 7.11 Å². The summed E-state index contributed by atoms with van der Waals surface area (Å²) < 4.78 is 5.92. The number of ether oxygens (including phenoxy) is 1. The molecule has 1 saturated heterocycles. The molecule has 92 valence electrons. The molecule has 0 aliphatic carbocycles. The molecule has 0 unspecified atom stereocenters. The largest absolute Gasteiger partial charge is 0.480 e. The maximum Gasteiger partial charge on any atom is 0.259 e. The second kappa shape index (κ2) is 5.49. The van der Waals surface area contributed by atoms with Gasteiger partial charge >= 0.3 is 0 Å². The van der Waals surface area contributed by atoms with Crippen molar-refractivity contribution in [3.8, 4) is 5.88 Å². The lowest BCUT2D eigenvalue weighted by Gasteiger charge is -2.27. The third-order valence-electron chi connectivity index (χ3n) is 2.88. The van der Waals surface area contributed by atoms with E-state index in [0.717, 1.165) is 30.4 Å². The van der Waals surface area contributed by atoms with Crippen LogP contribution in [0.3, 0.4) is 0 Å². The molecule has 0 atom stereocenters. The molecule has 17 heavy (non-hydrogen) atoms. The Morgan fingerprint density at radius 1 is 1.41 bits per heavy atom. The first kappa shape index (κ1) is 12.4. The number of hydrogen-bond acceptors (Lipinski definition) is 3. The molecular weight excluding hydrogens is 284 g/mol. The number of piperidine rings is 1. The molecule has 0 bridgehead atoms. The van der Waals surface area contributed by atoms with Crippen LogP contribution in [-0.4, -0.2) is 36.0 Å². The molecule has 0 saturated carbocycles. The maximum atomic E-state index is 12.3. The van der Waals surface area contributed by atoms with Crippen LogP contribution in [0.1, 0.15) is 29.6 Å². The average Bonchev–Trinajstić information content (AvgIpc) is 2.39. The average molecular weight is 299 g/mol. The number of nitrogens with zero attached hydrogens (tertiary/aromatic N) is 2. The van der Waals surface area contributed by atoms with Crippen molar-refractivity contribution in [2.45, 2.75) is 19.3 Å². The molecular formula is C12H15BrN2O2. The van der Waals surface area contributed by atoms with Gasteiger partial charge < -0.3 is 9.64 Å². The highest BCUT2D eigenvalue weighted by molar-refractivity contribution is 9.10. The molecule has 1 aromatic heterocycles. The Balaban J connectivity index is 2.25. The van der Waals surface area contributed by atoms with Crippen molar-refractivity contribution >= 4 is 21.8 Å². The number of methoxy groups -OCH3 is 1. The van der Waals surface area contributed by atoms with Crippen molar-refractivity contribution in [3.05, 3.63) is 22.3 Å². The van der Waals surface area contributed by atoms with E-state index in [1.165, 1.54) is 13.5 Å². The first-order chi connectivity index (χ1) is 8.22. The Morgan fingerprint density at radius 3 is 2.76 bits per heavy atom. The fourth-order valence-electron chi connectivity index (χ4n) is 2.01. The Morgan fingerprint density at radius 2 is 2.12 bits per heavy atom. The van der Waals surface area contributed by atoms with Crippen LogP contribution in [0.5, 0.6) is 5.88 Å². The summed E-state index contributed by atoms with van der Waals surface area (Å²) in [4.78, 5) is 18.3. The van der Waals surface area contributed by atoms with E-state index in [-0.39, 0.29) is 5.91 Å². The van der Waals surface area contributed by atoms with Crippen molar-refractivity contribution < 1.29 is 9.53 Å². The molecule has 1 aliphatic heterocycles. The number of pyridine rings is 1. The summed E-state index contributed by atoms with van der Waals surface area (Å²) in [5, 5.41) is 0. The quantitative estimate of drug-likeness (QED) is 0.842. The number of carbonyl (C=O) groups is 1. The monoisotopic (exact) mass is 298 g/mol. The summed E-state index contributed by atoms with van der Waals surface area (Å²) in [6.45, 7) is 1.66. The van der Waals surface area contributed by atoms with Gasteiger partial charge in [-0.15, -0.1) is 0 Å². The van der Waals surface area contributed by atoms with Crippen LogP contribution in [-0.2, 0) is 0 Å². The third kappa shape index (κ3) is 2.77. The Kier molecular flexibility index (Phi) is 3.99. The Bertz CT molecular complexity index is 417. The summed E-state index contributed by atoms with van der Waals surface area (Å²) in [5.41, 5.74) is 0.531. The summed E-state index contributed by atoms with van der Waals surface area (Å²) in [6.07, 6.45) is 4.99. The molecule has 5 heteroatoms. The minimum Gasteiger partial charge on any atom is -0.480 e. The minimum atomic E-state index is 0.00958. The zero-order valence-corrected chi connectivity index (χ0v) is 11.4. The zero-order valence-electron chi connectivity index (χ0n) is 9.78. The number of carbonyl (C=O) groups excluding carboxylic acids is 1. The lowest BCUT2D eigenvalue weighted by atomic mass is 10.1. The number of aromatic nitrogens is 1. The van der Waals surface area contributed by atoms with Crippen molar-refractivity contribution in [3.63, 3.8) is 0 Å². The van der Waals surface area contributed by atoms with Gasteiger partial charge in [0.1, 0.15) is 5.56 Å². The van der Waals surface area contributed by atoms with Gasteiger partial charge in [0, 0.05) is 23.8 Å². The van der Waals surface area contributed by atoms with Gasteiger partial charge in [0.2, 0.25) is 5.88 Å². The molecule has 1 aliphatic rings. The lowest BCUT2D eigenvalue weighted by molar-refractivity contribution is 0.0720. The van der Waals surface area contributed by atoms with Gasteiger partial charge in [0.15, 0.2) is 0 Å². The van der Waals surface area contributed by atoms with Crippen LogP contribution < -0.4 is 4.74 Å². The molecule has 1 fully saturated rings. The molecule has 0 aromatic carbocycles. The standard InChI is InChI=1S/C12H15BrN2O2/c1-17-11-10(7-9(13)8-14-11)12(16)15-5-3-2-4-6-15/h7-8H,2-6H2,1H3. The minimum absolute atomic E-state index is 0.00958. The molecule has 0 radical (unpaired) electrons. The lowest BCUT2D eigenvalue weighted by Crippen LogP contribution is -2.35. The summed E-state index contributed by atoms with van der Waals surface area (Å²) in [7, 11) is 1.53. The predicted octanol–water partition coefficient (Wildman–Crippen LogP) is 2.48. The molecule has 0 N–H and O–H groups in total.